The SMILES string of the molecule is CC(C)Cn1c(=O)c2ccc(C(=O)NC3CCCC3)cc2n2c(=O)n(Cc3ccccc3)nc12. The van der Waals surface area contributed by atoms with Crippen LogP contribution in [-0.4, -0.2) is 30.7 Å². The minimum Gasteiger partial charge on any atom is -0.349 e. The molecule has 0 bridgehead atoms. The first-order valence-corrected chi connectivity index (χ1v) is 11.9. The van der Waals surface area contributed by atoms with Gasteiger partial charge >= 0.3 is 5.69 Å². The maximum Gasteiger partial charge on any atom is 0.352 e. The molecule has 8 nitrogen and oxygen atoms in total. The highest BCUT2D eigenvalue weighted by Crippen LogP contribution is 2.19. The Bertz CT molecular complexity index is 1470. The smallest absolute Gasteiger partial charge is 0.349 e. The van der Waals surface area contributed by atoms with Crippen LogP contribution in [0.3, 0.4) is 0 Å². The molecule has 1 N–H and O–H groups in total. The number of carbonyl (C=O) groups excluding carboxylic acids is 1. The number of amides is 1. The zero-order chi connectivity index (χ0) is 23.8. The van der Waals surface area contributed by atoms with Gasteiger partial charge < -0.3 is 5.32 Å². The van der Waals surface area contributed by atoms with Crippen molar-refractivity contribution >= 4 is 22.6 Å². The molecule has 0 saturated heterocycles. The van der Waals surface area contributed by atoms with E-state index < -0.39 is 0 Å². The Balaban J connectivity index is 1.68. The molecule has 0 spiro atoms. The lowest BCUT2D eigenvalue weighted by molar-refractivity contribution is 0.0938. The summed E-state index contributed by atoms with van der Waals surface area (Å²) >= 11 is 0. The molecule has 2 aromatic heterocycles. The van der Waals surface area contributed by atoms with Crippen LogP contribution in [0.5, 0.6) is 0 Å². The molecule has 0 radical (unpaired) electrons. The van der Waals surface area contributed by atoms with E-state index in [1.54, 1.807) is 22.8 Å². The fraction of sp³-hybridized carbons (Fsp3) is 0.385. The molecule has 0 atom stereocenters. The van der Waals surface area contributed by atoms with Crippen molar-refractivity contribution in [3.63, 3.8) is 0 Å². The summed E-state index contributed by atoms with van der Waals surface area (Å²) in [6.45, 7) is 4.76. The number of benzene rings is 2. The van der Waals surface area contributed by atoms with Gasteiger partial charge in [0.1, 0.15) is 0 Å². The summed E-state index contributed by atoms with van der Waals surface area (Å²) in [7, 11) is 0. The van der Waals surface area contributed by atoms with Crippen molar-refractivity contribution in [1.82, 2.24) is 24.1 Å². The molecule has 4 aromatic rings. The number of hydrogen-bond donors (Lipinski definition) is 1. The summed E-state index contributed by atoms with van der Waals surface area (Å²) in [6, 6.07) is 14.7. The Morgan fingerprint density at radius 1 is 1.09 bits per heavy atom. The van der Waals surface area contributed by atoms with Gasteiger partial charge in [-0.2, -0.15) is 0 Å². The number of fused-ring (bicyclic) bond motifs is 3. The van der Waals surface area contributed by atoms with Gasteiger partial charge in [0.25, 0.3) is 11.5 Å². The fourth-order valence-corrected chi connectivity index (χ4v) is 4.78. The number of carbonyl (C=O) groups is 1. The third kappa shape index (κ3) is 4.04. The lowest BCUT2D eigenvalue weighted by Gasteiger charge is -2.14. The average Bonchev–Trinajstić information content (AvgIpc) is 3.45. The van der Waals surface area contributed by atoms with Gasteiger partial charge in [-0.05, 0) is 42.5 Å². The third-order valence-corrected chi connectivity index (χ3v) is 6.45. The number of rotatable bonds is 6. The van der Waals surface area contributed by atoms with Crippen LogP contribution in [0, 0.1) is 5.92 Å². The first kappa shape index (κ1) is 22.1. The van der Waals surface area contributed by atoms with Crippen molar-refractivity contribution in [3.8, 4) is 0 Å². The van der Waals surface area contributed by atoms with Crippen LogP contribution in [0.25, 0.3) is 16.7 Å². The monoisotopic (exact) mass is 459 g/mol. The lowest BCUT2D eigenvalue weighted by Crippen LogP contribution is -2.33. The van der Waals surface area contributed by atoms with Crippen molar-refractivity contribution in [3.05, 3.63) is 80.5 Å². The second-order valence-electron chi connectivity index (χ2n) is 9.56. The molecule has 1 fully saturated rings. The Morgan fingerprint density at radius 2 is 1.82 bits per heavy atom. The van der Waals surface area contributed by atoms with E-state index in [2.05, 4.69) is 10.4 Å². The Kier molecular flexibility index (Phi) is 5.81. The van der Waals surface area contributed by atoms with E-state index in [1.165, 1.54) is 9.08 Å². The average molecular weight is 460 g/mol. The van der Waals surface area contributed by atoms with Gasteiger partial charge in [-0.1, -0.05) is 57.0 Å². The highest BCUT2D eigenvalue weighted by atomic mass is 16.2. The molecule has 2 aromatic carbocycles. The second-order valence-corrected chi connectivity index (χ2v) is 9.56. The fourth-order valence-electron chi connectivity index (χ4n) is 4.78. The van der Waals surface area contributed by atoms with E-state index in [0.29, 0.717) is 35.3 Å². The molecule has 8 heteroatoms. The molecule has 1 saturated carbocycles. The van der Waals surface area contributed by atoms with Crippen LogP contribution in [0.2, 0.25) is 0 Å². The van der Waals surface area contributed by atoms with E-state index >= 15 is 0 Å². The molecule has 34 heavy (non-hydrogen) atoms. The topological polar surface area (TPSA) is 90.4 Å². The maximum absolute atomic E-state index is 13.5. The highest BCUT2D eigenvalue weighted by molar-refractivity contribution is 5.98. The van der Waals surface area contributed by atoms with Gasteiger partial charge in [0.15, 0.2) is 0 Å². The van der Waals surface area contributed by atoms with Crippen LogP contribution in [0.4, 0.5) is 0 Å². The van der Waals surface area contributed by atoms with E-state index in [4.69, 9.17) is 0 Å². The van der Waals surface area contributed by atoms with Crippen molar-refractivity contribution in [2.45, 2.75) is 58.7 Å². The van der Waals surface area contributed by atoms with Crippen LogP contribution < -0.4 is 16.6 Å². The molecule has 5 rings (SSSR count). The van der Waals surface area contributed by atoms with Crippen LogP contribution >= 0.6 is 0 Å². The predicted octanol–water partition coefficient (Wildman–Crippen LogP) is 3.19. The summed E-state index contributed by atoms with van der Waals surface area (Å²) < 4.78 is 4.41. The summed E-state index contributed by atoms with van der Waals surface area (Å²) in [4.78, 5) is 39.8. The minimum absolute atomic E-state index is 0.179. The van der Waals surface area contributed by atoms with Gasteiger partial charge in [-0.3, -0.25) is 14.2 Å². The number of nitrogens with one attached hydrogen (secondary N) is 1. The zero-order valence-corrected chi connectivity index (χ0v) is 19.5. The maximum atomic E-state index is 13.5. The number of hydrogen-bond acceptors (Lipinski definition) is 4. The first-order chi connectivity index (χ1) is 16.4. The van der Waals surface area contributed by atoms with Crippen LogP contribution in [-0.2, 0) is 13.1 Å². The molecule has 176 valence electrons. The minimum atomic E-state index is -0.338. The molecular weight excluding hydrogens is 430 g/mol. The molecule has 1 aliphatic rings. The van der Waals surface area contributed by atoms with E-state index in [9.17, 15) is 14.4 Å². The first-order valence-electron chi connectivity index (χ1n) is 11.9. The Morgan fingerprint density at radius 3 is 2.53 bits per heavy atom. The van der Waals surface area contributed by atoms with Gasteiger partial charge in [0, 0.05) is 18.2 Å². The lowest BCUT2D eigenvalue weighted by atomic mass is 10.1. The largest absolute Gasteiger partial charge is 0.352 e. The Labute approximate surface area is 196 Å². The number of aromatic nitrogens is 4. The zero-order valence-electron chi connectivity index (χ0n) is 19.5. The number of nitrogens with zero attached hydrogens (tertiary/aromatic N) is 4. The normalized spacial score (nSPS) is 14.4. The van der Waals surface area contributed by atoms with Gasteiger partial charge in [0.2, 0.25) is 5.78 Å². The highest BCUT2D eigenvalue weighted by Gasteiger charge is 2.21. The second kappa shape index (κ2) is 8.93. The summed E-state index contributed by atoms with van der Waals surface area (Å²) in [5, 5.41) is 8.04. The summed E-state index contributed by atoms with van der Waals surface area (Å²) in [5.41, 5.74) is 1.23. The standard InChI is InChI=1S/C26H29N5O3/c1-17(2)15-29-24(33)21-13-12-19(23(32)27-20-10-6-7-11-20)14-22(21)31-25(29)28-30(26(31)34)16-18-8-4-3-5-9-18/h3-5,8-9,12-14,17,20H,6-7,10-11,15-16H2,1-2H3,(H,27,32). The molecular formula is C26H29N5O3. The van der Waals surface area contributed by atoms with Crippen molar-refractivity contribution in [2.75, 3.05) is 0 Å². The van der Waals surface area contributed by atoms with Gasteiger partial charge in [-0.25, -0.2) is 13.9 Å². The molecule has 0 aliphatic heterocycles. The van der Waals surface area contributed by atoms with E-state index in [-0.39, 0.29) is 29.1 Å². The summed E-state index contributed by atoms with van der Waals surface area (Å²) in [6.07, 6.45) is 4.20. The van der Waals surface area contributed by atoms with E-state index in [0.717, 1.165) is 31.2 Å². The van der Waals surface area contributed by atoms with Gasteiger partial charge in [0.05, 0.1) is 17.4 Å². The van der Waals surface area contributed by atoms with Crippen molar-refractivity contribution in [1.29, 1.82) is 0 Å². The third-order valence-electron chi connectivity index (χ3n) is 6.45. The quantitative estimate of drug-likeness (QED) is 0.480. The molecule has 0 unspecified atom stereocenters. The van der Waals surface area contributed by atoms with Crippen LogP contribution in [0.1, 0.15) is 55.5 Å². The summed E-state index contributed by atoms with van der Waals surface area (Å²) in [5.74, 6) is 0.295. The predicted molar refractivity (Wildman–Crippen MR) is 131 cm³/mol. The van der Waals surface area contributed by atoms with Gasteiger partial charge in [-0.15, -0.1) is 5.10 Å². The van der Waals surface area contributed by atoms with Crippen LogP contribution in [0.15, 0.2) is 58.1 Å². The van der Waals surface area contributed by atoms with Crippen molar-refractivity contribution in [2.24, 2.45) is 5.92 Å². The molecule has 1 aliphatic carbocycles. The Hall–Kier alpha value is -3.68. The molecule has 1 amide bonds. The van der Waals surface area contributed by atoms with E-state index in [1.807, 2.05) is 44.2 Å². The van der Waals surface area contributed by atoms with Crippen molar-refractivity contribution < 1.29 is 4.79 Å². The molecule has 2 heterocycles.